The highest BCUT2D eigenvalue weighted by atomic mass is 32.1. The van der Waals surface area contributed by atoms with Crippen LogP contribution in [0.3, 0.4) is 0 Å². The predicted octanol–water partition coefficient (Wildman–Crippen LogP) is 15.9. The van der Waals surface area contributed by atoms with E-state index in [1.165, 1.54) is 94.3 Å². The van der Waals surface area contributed by atoms with Crippen LogP contribution in [0.5, 0.6) is 0 Å². The van der Waals surface area contributed by atoms with E-state index in [4.69, 9.17) is 0 Å². The Kier molecular flexibility index (Phi) is 8.16. The molecule has 0 unspecified atom stereocenters. The Bertz CT molecular complexity index is 3010. The zero-order valence-corrected chi connectivity index (χ0v) is 35.0. The van der Waals surface area contributed by atoms with Crippen molar-refractivity contribution in [1.82, 2.24) is 0 Å². The van der Waals surface area contributed by atoms with Gasteiger partial charge in [0, 0.05) is 37.1 Å². The van der Waals surface area contributed by atoms with Crippen LogP contribution >= 0.6 is 11.3 Å². The summed E-state index contributed by atoms with van der Waals surface area (Å²) in [6, 6.07) is 70.9. The molecule has 0 radical (unpaired) electrons. The number of hydrogen-bond acceptors (Lipinski definition) is 2. The van der Waals surface area contributed by atoms with Crippen molar-refractivity contribution in [2.24, 2.45) is 0 Å². The van der Waals surface area contributed by atoms with Gasteiger partial charge in [0.25, 0.3) is 0 Å². The molecule has 1 heterocycles. The molecule has 0 saturated heterocycles. The van der Waals surface area contributed by atoms with Gasteiger partial charge in [-0.15, -0.1) is 11.3 Å². The SMILES string of the molecule is CC1(C)CCC(C)(C)c2cc(-c3cc4c(cc3N(c3ccccc3)c3ccc5sc6ccccc6c5c3)C(c3ccccc3)(c3ccccc3)c3ccccc3-4)ccc21. The third kappa shape index (κ3) is 5.50. The van der Waals surface area contributed by atoms with Gasteiger partial charge in [-0.3, -0.25) is 0 Å². The van der Waals surface area contributed by atoms with Crippen molar-refractivity contribution in [2.45, 2.75) is 56.8 Å². The fourth-order valence-electron chi connectivity index (χ4n) is 10.5. The average Bonchev–Trinajstić information content (AvgIpc) is 3.79. The van der Waals surface area contributed by atoms with Gasteiger partial charge in [-0.1, -0.05) is 167 Å². The second kappa shape index (κ2) is 13.4. The summed E-state index contributed by atoms with van der Waals surface area (Å²) in [5.74, 6) is 0. The van der Waals surface area contributed by atoms with Crippen LogP contribution in [0.1, 0.15) is 73.9 Å². The molecule has 0 aliphatic heterocycles. The van der Waals surface area contributed by atoms with Crippen LogP contribution in [0.15, 0.2) is 188 Å². The molecule has 0 bridgehead atoms. The molecule has 8 aromatic carbocycles. The fourth-order valence-corrected chi connectivity index (χ4v) is 11.6. The second-order valence-corrected chi connectivity index (χ2v) is 19.0. The van der Waals surface area contributed by atoms with Crippen LogP contribution in [0.25, 0.3) is 42.4 Å². The molecule has 0 spiro atoms. The monoisotopic (exact) mass is 777 g/mol. The summed E-state index contributed by atoms with van der Waals surface area (Å²) in [4.78, 5) is 2.53. The lowest BCUT2D eigenvalue weighted by Crippen LogP contribution is -2.33. The Labute approximate surface area is 352 Å². The van der Waals surface area contributed by atoms with Crippen LogP contribution < -0.4 is 4.90 Å². The molecule has 0 saturated carbocycles. The van der Waals surface area contributed by atoms with Crippen molar-refractivity contribution >= 4 is 48.6 Å². The van der Waals surface area contributed by atoms with Crippen molar-refractivity contribution in [2.75, 3.05) is 4.90 Å². The first-order chi connectivity index (χ1) is 28.7. The van der Waals surface area contributed by atoms with E-state index in [-0.39, 0.29) is 10.8 Å². The second-order valence-electron chi connectivity index (χ2n) is 17.9. The van der Waals surface area contributed by atoms with E-state index in [2.05, 4.69) is 221 Å². The Morgan fingerprint density at radius 2 is 1.02 bits per heavy atom. The minimum absolute atomic E-state index is 0.0737. The maximum absolute atomic E-state index is 2.56. The number of benzene rings is 8. The molecule has 11 rings (SSSR count). The summed E-state index contributed by atoms with van der Waals surface area (Å²) in [6.07, 6.45) is 2.36. The smallest absolute Gasteiger partial charge is 0.0714 e. The van der Waals surface area contributed by atoms with Crippen molar-refractivity contribution in [3.8, 4) is 22.3 Å². The molecule has 2 aliphatic carbocycles. The number of thiophene rings is 1. The van der Waals surface area contributed by atoms with E-state index in [1.807, 2.05) is 11.3 Å². The first-order valence-electron chi connectivity index (χ1n) is 21.1. The molecule has 2 aliphatic rings. The molecule has 0 N–H and O–H groups in total. The number of anilines is 3. The molecule has 9 aromatic rings. The molecule has 286 valence electrons. The van der Waals surface area contributed by atoms with E-state index >= 15 is 0 Å². The zero-order chi connectivity index (χ0) is 39.9. The van der Waals surface area contributed by atoms with Gasteiger partial charge in [-0.2, -0.15) is 0 Å². The largest absolute Gasteiger partial charge is 0.310 e. The van der Waals surface area contributed by atoms with Crippen molar-refractivity contribution in [1.29, 1.82) is 0 Å². The Hall–Kier alpha value is -6.22. The first-order valence-corrected chi connectivity index (χ1v) is 21.9. The van der Waals surface area contributed by atoms with Gasteiger partial charge >= 0.3 is 0 Å². The van der Waals surface area contributed by atoms with Gasteiger partial charge < -0.3 is 4.90 Å². The molecule has 1 nitrogen and oxygen atoms in total. The van der Waals surface area contributed by atoms with Gasteiger partial charge in [-0.05, 0) is 122 Å². The third-order valence-electron chi connectivity index (χ3n) is 13.6. The number of para-hydroxylation sites is 1. The van der Waals surface area contributed by atoms with Gasteiger partial charge in [0.1, 0.15) is 0 Å². The van der Waals surface area contributed by atoms with Gasteiger partial charge in [0.2, 0.25) is 0 Å². The zero-order valence-electron chi connectivity index (χ0n) is 34.2. The Morgan fingerprint density at radius 3 is 1.75 bits per heavy atom. The van der Waals surface area contributed by atoms with Crippen molar-refractivity contribution in [3.05, 3.63) is 221 Å². The van der Waals surface area contributed by atoms with Crippen LogP contribution in [-0.4, -0.2) is 0 Å². The quantitative estimate of drug-likeness (QED) is 0.163. The molecule has 0 amide bonds. The molecular weight excluding hydrogens is 731 g/mol. The summed E-state index contributed by atoms with van der Waals surface area (Å²) < 4.78 is 2.62. The van der Waals surface area contributed by atoms with Gasteiger partial charge in [-0.25, -0.2) is 0 Å². The van der Waals surface area contributed by atoms with E-state index in [9.17, 15) is 0 Å². The molecular formula is C57H47NS. The highest BCUT2D eigenvalue weighted by Gasteiger charge is 2.47. The van der Waals surface area contributed by atoms with Crippen LogP contribution in [-0.2, 0) is 16.2 Å². The fraction of sp³-hybridized carbons (Fsp3) is 0.158. The maximum atomic E-state index is 2.56. The first kappa shape index (κ1) is 35.9. The summed E-state index contributed by atoms with van der Waals surface area (Å²) in [7, 11) is 0. The standard InChI is InChI=1S/C57H47NS/c1-55(2)32-33-56(3,4)51-34-38(28-30-49(51)55)45-36-46-43-24-14-16-26-48(43)57(39-18-8-5-9-19-39,40-20-10-6-11-21-40)50(46)37-52(45)58(41-22-12-7-13-23-41)42-29-31-54-47(35-42)44-25-15-17-27-53(44)59-54/h5-31,34-37H,32-33H2,1-4H3. The highest BCUT2D eigenvalue weighted by molar-refractivity contribution is 7.25. The predicted molar refractivity (Wildman–Crippen MR) is 252 cm³/mol. The number of nitrogens with zero attached hydrogens (tertiary/aromatic N) is 1. The summed E-state index contributed by atoms with van der Waals surface area (Å²) >= 11 is 1.87. The Morgan fingerprint density at radius 1 is 0.407 bits per heavy atom. The molecule has 59 heavy (non-hydrogen) atoms. The Balaban J connectivity index is 1.27. The lowest BCUT2D eigenvalue weighted by molar-refractivity contribution is 0.332. The van der Waals surface area contributed by atoms with Gasteiger partial charge in [0.15, 0.2) is 0 Å². The van der Waals surface area contributed by atoms with Crippen molar-refractivity contribution < 1.29 is 0 Å². The topological polar surface area (TPSA) is 3.24 Å². The minimum atomic E-state index is -0.528. The lowest BCUT2D eigenvalue weighted by atomic mass is 9.63. The number of hydrogen-bond donors (Lipinski definition) is 0. The van der Waals surface area contributed by atoms with E-state index in [0.717, 1.165) is 11.4 Å². The number of rotatable bonds is 6. The maximum Gasteiger partial charge on any atom is 0.0714 e. The van der Waals surface area contributed by atoms with E-state index < -0.39 is 5.41 Å². The molecule has 2 heteroatoms. The van der Waals surface area contributed by atoms with Crippen molar-refractivity contribution in [3.63, 3.8) is 0 Å². The van der Waals surface area contributed by atoms with Crippen LogP contribution in [0, 0.1) is 0 Å². The molecule has 1 aromatic heterocycles. The average molecular weight is 778 g/mol. The summed E-state index contributed by atoms with van der Waals surface area (Å²) in [5, 5.41) is 2.60. The molecule has 0 atom stereocenters. The summed E-state index contributed by atoms with van der Waals surface area (Å²) in [6.45, 7) is 9.73. The lowest BCUT2D eigenvalue weighted by Gasteiger charge is -2.42. The van der Waals surface area contributed by atoms with Crippen LogP contribution in [0.2, 0.25) is 0 Å². The van der Waals surface area contributed by atoms with Gasteiger partial charge in [0.05, 0.1) is 11.1 Å². The third-order valence-corrected chi connectivity index (χ3v) is 14.8. The minimum Gasteiger partial charge on any atom is -0.310 e. The highest BCUT2D eigenvalue weighted by Crippen LogP contribution is 2.59. The molecule has 0 fully saturated rings. The number of fused-ring (bicyclic) bond motifs is 7. The summed E-state index contributed by atoms with van der Waals surface area (Å²) in [5.41, 5.74) is 16.3. The van der Waals surface area contributed by atoms with Crippen LogP contribution in [0.4, 0.5) is 17.1 Å². The van der Waals surface area contributed by atoms with E-state index in [0.29, 0.717) is 0 Å². The normalized spacial score (nSPS) is 15.7. The van der Waals surface area contributed by atoms with E-state index in [1.54, 1.807) is 0 Å².